The van der Waals surface area contributed by atoms with Gasteiger partial charge in [-0.25, -0.2) is 13.2 Å². The van der Waals surface area contributed by atoms with Gasteiger partial charge in [-0.1, -0.05) is 11.6 Å². The monoisotopic (exact) mass is 355 g/mol. The molecule has 1 aliphatic heterocycles. The Bertz CT molecular complexity index is 524. The van der Waals surface area contributed by atoms with Gasteiger partial charge in [0.05, 0.1) is 21.6 Å². The molecule has 1 heterocycles. The van der Waals surface area contributed by atoms with Gasteiger partial charge in [0.25, 0.3) is 11.8 Å². The van der Waals surface area contributed by atoms with E-state index < -0.39 is 24.2 Å². The third kappa shape index (κ3) is 3.23. The number of hydrogen-bond acceptors (Lipinski definition) is 1. The van der Waals surface area contributed by atoms with E-state index in [2.05, 4.69) is 15.9 Å². The SMILES string of the molecule is O=C(c1cc(F)c(Br)cc1Cl)N1CCCC(F)(F)C1. The fraction of sp³-hybridized carbons (Fsp3) is 0.417. The van der Waals surface area contributed by atoms with Gasteiger partial charge < -0.3 is 4.90 Å². The van der Waals surface area contributed by atoms with Gasteiger partial charge in [0.15, 0.2) is 0 Å². The molecular weight excluding hydrogens is 346 g/mol. The zero-order valence-electron chi connectivity index (χ0n) is 9.73. The molecule has 1 saturated heterocycles. The molecule has 0 unspecified atom stereocenters. The maximum absolute atomic E-state index is 13.4. The number of alkyl halides is 2. The van der Waals surface area contributed by atoms with Crippen LogP contribution in [0.2, 0.25) is 5.02 Å². The van der Waals surface area contributed by atoms with E-state index in [0.717, 1.165) is 11.0 Å². The molecule has 0 N–H and O–H groups in total. The smallest absolute Gasteiger partial charge is 0.265 e. The van der Waals surface area contributed by atoms with E-state index >= 15 is 0 Å². The number of benzene rings is 1. The van der Waals surface area contributed by atoms with Crippen LogP contribution in [0.1, 0.15) is 23.2 Å². The fourth-order valence-corrected chi connectivity index (χ4v) is 2.72. The topological polar surface area (TPSA) is 20.3 Å². The Balaban J connectivity index is 2.27. The highest BCUT2D eigenvalue weighted by Gasteiger charge is 2.37. The van der Waals surface area contributed by atoms with Crippen molar-refractivity contribution in [3.63, 3.8) is 0 Å². The minimum atomic E-state index is -2.89. The molecule has 104 valence electrons. The first kappa shape index (κ1) is 14.7. The number of carbonyl (C=O) groups is 1. The van der Waals surface area contributed by atoms with Crippen LogP contribution in [0.3, 0.4) is 0 Å². The Labute approximate surface area is 121 Å². The summed E-state index contributed by atoms with van der Waals surface area (Å²) in [4.78, 5) is 13.1. The maximum Gasteiger partial charge on any atom is 0.265 e. The van der Waals surface area contributed by atoms with E-state index in [-0.39, 0.29) is 34.4 Å². The second-order valence-electron chi connectivity index (χ2n) is 4.43. The van der Waals surface area contributed by atoms with Crippen LogP contribution in [0, 0.1) is 5.82 Å². The van der Waals surface area contributed by atoms with Gasteiger partial charge in [-0.15, -0.1) is 0 Å². The predicted molar refractivity (Wildman–Crippen MR) is 69.2 cm³/mol. The number of amides is 1. The van der Waals surface area contributed by atoms with E-state index in [0.29, 0.717) is 0 Å². The lowest BCUT2D eigenvalue weighted by molar-refractivity contribution is -0.0560. The molecule has 2 nitrogen and oxygen atoms in total. The number of hydrogen-bond donors (Lipinski definition) is 0. The van der Waals surface area contributed by atoms with Crippen LogP contribution in [-0.2, 0) is 0 Å². The number of piperidine rings is 1. The van der Waals surface area contributed by atoms with Crippen molar-refractivity contribution < 1.29 is 18.0 Å². The van der Waals surface area contributed by atoms with Crippen molar-refractivity contribution in [1.82, 2.24) is 4.90 Å². The van der Waals surface area contributed by atoms with Gasteiger partial charge in [-0.3, -0.25) is 4.79 Å². The number of halogens is 5. The van der Waals surface area contributed by atoms with Crippen LogP contribution in [0.15, 0.2) is 16.6 Å². The predicted octanol–water partition coefficient (Wildman–Crippen LogP) is 4.11. The van der Waals surface area contributed by atoms with Crippen molar-refractivity contribution in [2.75, 3.05) is 13.1 Å². The minimum Gasteiger partial charge on any atom is -0.333 e. The Morgan fingerprint density at radius 1 is 1.42 bits per heavy atom. The zero-order valence-corrected chi connectivity index (χ0v) is 12.1. The molecule has 0 bridgehead atoms. The Hall–Kier alpha value is -0.750. The minimum absolute atomic E-state index is 0.0344. The molecule has 0 aromatic heterocycles. The molecule has 19 heavy (non-hydrogen) atoms. The quantitative estimate of drug-likeness (QED) is 0.693. The lowest BCUT2D eigenvalue weighted by Gasteiger charge is -2.32. The summed E-state index contributed by atoms with van der Waals surface area (Å²) in [6.07, 6.45) is -0.0193. The van der Waals surface area contributed by atoms with Gasteiger partial charge in [0, 0.05) is 13.0 Å². The molecule has 1 amide bonds. The van der Waals surface area contributed by atoms with E-state index in [9.17, 15) is 18.0 Å². The molecule has 1 aliphatic rings. The maximum atomic E-state index is 13.4. The van der Waals surface area contributed by atoms with Gasteiger partial charge in [-0.05, 0) is 34.5 Å². The van der Waals surface area contributed by atoms with E-state index in [4.69, 9.17) is 11.6 Å². The van der Waals surface area contributed by atoms with E-state index in [1.54, 1.807) is 0 Å². The Morgan fingerprint density at radius 3 is 2.74 bits per heavy atom. The van der Waals surface area contributed by atoms with Crippen molar-refractivity contribution in [3.05, 3.63) is 33.0 Å². The van der Waals surface area contributed by atoms with Crippen LogP contribution in [0.5, 0.6) is 0 Å². The van der Waals surface area contributed by atoms with Crippen LogP contribution < -0.4 is 0 Å². The lowest BCUT2D eigenvalue weighted by Crippen LogP contribution is -2.45. The van der Waals surface area contributed by atoms with Gasteiger partial charge >= 0.3 is 0 Å². The lowest BCUT2D eigenvalue weighted by atomic mass is 10.1. The third-order valence-corrected chi connectivity index (χ3v) is 3.84. The normalized spacial score (nSPS) is 18.5. The van der Waals surface area contributed by atoms with Crippen molar-refractivity contribution in [2.24, 2.45) is 0 Å². The van der Waals surface area contributed by atoms with E-state index in [1.165, 1.54) is 6.07 Å². The molecule has 2 rings (SSSR count). The standard InChI is InChI=1S/C12H10BrClF3NO/c13-8-5-9(14)7(4-10(8)15)11(19)18-3-1-2-12(16,17)6-18/h4-5H,1-3,6H2. The van der Waals surface area contributed by atoms with Crippen LogP contribution in [0.25, 0.3) is 0 Å². The van der Waals surface area contributed by atoms with Crippen molar-refractivity contribution >= 4 is 33.4 Å². The van der Waals surface area contributed by atoms with Crippen molar-refractivity contribution in [2.45, 2.75) is 18.8 Å². The summed E-state index contributed by atoms with van der Waals surface area (Å²) in [5.74, 6) is -4.22. The van der Waals surface area contributed by atoms with Crippen LogP contribution in [-0.4, -0.2) is 29.8 Å². The van der Waals surface area contributed by atoms with Gasteiger partial charge in [0.1, 0.15) is 5.82 Å². The Morgan fingerprint density at radius 2 is 2.11 bits per heavy atom. The summed E-state index contributed by atoms with van der Waals surface area (Å²) in [5, 5.41) is 0.0344. The fourth-order valence-electron chi connectivity index (χ4n) is 2.00. The first-order chi connectivity index (χ1) is 8.80. The summed E-state index contributed by atoms with van der Waals surface area (Å²) in [7, 11) is 0. The molecule has 0 spiro atoms. The molecule has 0 saturated carbocycles. The molecule has 1 aromatic rings. The molecule has 1 aromatic carbocycles. The first-order valence-electron chi connectivity index (χ1n) is 5.62. The van der Waals surface area contributed by atoms with Crippen molar-refractivity contribution in [3.8, 4) is 0 Å². The third-order valence-electron chi connectivity index (χ3n) is 2.92. The highest BCUT2D eigenvalue weighted by molar-refractivity contribution is 9.10. The summed E-state index contributed by atoms with van der Waals surface area (Å²) >= 11 is 8.79. The second-order valence-corrected chi connectivity index (χ2v) is 5.69. The summed E-state index contributed by atoms with van der Waals surface area (Å²) in [6.45, 7) is -0.428. The molecule has 0 radical (unpaired) electrons. The molecule has 7 heteroatoms. The van der Waals surface area contributed by atoms with Crippen molar-refractivity contribution in [1.29, 1.82) is 0 Å². The zero-order chi connectivity index (χ0) is 14.2. The average molecular weight is 357 g/mol. The summed E-state index contributed by atoms with van der Waals surface area (Å²) < 4.78 is 40.1. The molecule has 1 fully saturated rings. The number of rotatable bonds is 1. The number of nitrogens with zero attached hydrogens (tertiary/aromatic N) is 1. The molecule has 0 aliphatic carbocycles. The highest BCUT2D eigenvalue weighted by atomic mass is 79.9. The van der Waals surface area contributed by atoms with Crippen LogP contribution in [0.4, 0.5) is 13.2 Å². The van der Waals surface area contributed by atoms with Crippen LogP contribution >= 0.6 is 27.5 Å². The summed E-state index contributed by atoms with van der Waals surface area (Å²) in [5.41, 5.74) is -0.0972. The summed E-state index contributed by atoms with van der Waals surface area (Å²) in [6, 6.07) is 2.20. The largest absolute Gasteiger partial charge is 0.333 e. The Kier molecular flexibility index (Phi) is 4.11. The number of carbonyl (C=O) groups excluding carboxylic acids is 1. The highest BCUT2D eigenvalue weighted by Crippen LogP contribution is 2.30. The molecule has 0 atom stereocenters. The van der Waals surface area contributed by atoms with E-state index in [1.807, 2.05) is 0 Å². The number of likely N-dealkylation sites (tertiary alicyclic amines) is 1. The first-order valence-corrected chi connectivity index (χ1v) is 6.79. The average Bonchev–Trinajstić information content (AvgIpc) is 2.31. The molecular formula is C12H10BrClF3NO. The second kappa shape index (κ2) is 5.32. The van der Waals surface area contributed by atoms with Gasteiger partial charge in [-0.2, -0.15) is 0 Å². The van der Waals surface area contributed by atoms with Gasteiger partial charge in [0.2, 0.25) is 0 Å².